The van der Waals surface area contributed by atoms with Crippen molar-refractivity contribution in [3.05, 3.63) is 59.7 Å². The average molecular weight is 270 g/mol. The van der Waals surface area contributed by atoms with Crippen molar-refractivity contribution in [2.24, 2.45) is 0 Å². The molecule has 3 N–H and O–H groups in total. The Morgan fingerprint density at radius 3 is 2.15 bits per heavy atom. The summed E-state index contributed by atoms with van der Waals surface area (Å²) < 4.78 is 0. The zero-order valence-electron chi connectivity index (χ0n) is 10.9. The number of carbonyl (C=O) groups excluding carboxylic acids is 2. The van der Waals surface area contributed by atoms with Gasteiger partial charge in [-0.2, -0.15) is 0 Å². The second-order valence-corrected chi connectivity index (χ2v) is 4.10. The first kappa shape index (κ1) is 13.6. The van der Waals surface area contributed by atoms with Gasteiger partial charge < -0.3 is 15.7 Å². The first-order valence-corrected chi connectivity index (χ1v) is 6.04. The summed E-state index contributed by atoms with van der Waals surface area (Å²) in [6, 6.07) is 12.9. The molecule has 102 valence electrons. The van der Waals surface area contributed by atoms with Crippen LogP contribution in [0.4, 0.5) is 5.69 Å². The zero-order chi connectivity index (χ0) is 14.5. The molecular formula is C15H14N2O3. The molecule has 0 spiro atoms. The van der Waals surface area contributed by atoms with Crippen LogP contribution in [0.2, 0.25) is 0 Å². The molecule has 0 radical (unpaired) electrons. The Morgan fingerprint density at radius 1 is 0.900 bits per heavy atom. The van der Waals surface area contributed by atoms with Crippen LogP contribution in [0.3, 0.4) is 0 Å². The summed E-state index contributed by atoms with van der Waals surface area (Å²) in [5.74, 6) is -0.875. The van der Waals surface area contributed by atoms with Gasteiger partial charge in [-0.3, -0.25) is 9.59 Å². The third-order valence-corrected chi connectivity index (χ3v) is 2.80. The van der Waals surface area contributed by atoms with Gasteiger partial charge in [0.05, 0.1) is 16.8 Å². The standard InChI is InChI=1S/C15H14N2O3/c1-16-14(19)10-6-2-4-8-12(10)17-15(20)11-7-3-5-9-13(11)18/h2-9,18H,1H3,(H,16,19)(H,17,20). The third kappa shape index (κ3) is 2.77. The van der Waals surface area contributed by atoms with Crippen LogP contribution in [0.5, 0.6) is 5.75 Å². The van der Waals surface area contributed by atoms with Crippen molar-refractivity contribution in [1.82, 2.24) is 5.32 Å². The van der Waals surface area contributed by atoms with Crippen LogP contribution in [0.15, 0.2) is 48.5 Å². The lowest BCUT2D eigenvalue weighted by Gasteiger charge is -2.10. The molecule has 5 heteroatoms. The van der Waals surface area contributed by atoms with Gasteiger partial charge in [0.2, 0.25) is 0 Å². The van der Waals surface area contributed by atoms with E-state index < -0.39 is 5.91 Å². The average Bonchev–Trinajstić information content (AvgIpc) is 2.47. The Bertz CT molecular complexity index is 653. The number of amides is 2. The summed E-state index contributed by atoms with van der Waals surface area (Å²) in [7, 11) is 1.52. The molecular weight excluding hydrogens is 256 g/mol. The lowest BCUT2D eigenvalue weighted by atomic mass is 10.1. The second kappa shape index (κ2) is 5.88. The fourth-order valence-corrected chi connectivity index (χ4v) is 1.78. The summed E-state index contributed by atoms with van der Waals surface area (Å²) in [6.07, 6.45) is 0. The third-order valence-electron chi connectivity index (χ3n) is 2.80. The minimum absolute atomic E-state index is 0.109. The van der Waals surface area contributed by atoms with E-state index >= 15 is 0 Å². The molecule has 20 heavy (non-hydrogen) atoms. The molecule has 0 unspecified atom stereocenters. The summed E-state index contributed by atoms with van der Waals surface area (Å²) in [6.45, 7) is 0. The molecule has 0 aliphatic rings. The molecule has 0 saturated carbocycles. The predicted molar refractivity (Wildman–Crippen MR) is 75.9 cm³/mol. The minimum atomic E-state index is -0.473. The summed E-state index contributed by atoms with van der Waals surface area (Å²) in [5, 5.41) is 14.8. The summed E-state index contributed by atoms with van der Waals surface area (Å²) >= 11 is 0. The van der Waals surface area contributed by atoms with E-state index in [-0.39, 0.29) is 17.2 Å². The van der Waals surface area contributed by atoms with Crippen molar-refractivity contribution < 1.29 is 14.7 Å². The number of phenols is 1. The molecule has 2 aromatic carbocycles. The van der Waals surface area contributed by atoms with Crippen LogP contribution in [-0.2, 0) is 0 Å². The Balaban J connectivity index is 2.29. The number of hydrogen-bond acceptors (Lipinski definition) is 3. The highest BCUT2D eigenvalue weighted by molar-refractivity contribution is 6.10. The van der Waals surface area contributed by atoms with E-state index in [2.05, 4.69) is 10.6 Å². The van der Waals surface area contributed by atoms with Crippen molar-refractivity contribution >= 4 is 17.5 Å². The topological polar surface area (TPSA) is 78.4 Å². The second-order valence-electron chi connectivity index (χ2n) is 4.10. The number of benzene rings is 2. The number of anilines is 1. The van der Waals surface area contributed by atoms with Gasteiger partial charge in [0.1, 0.15) is 5.75 Å². The number of para-hydroxylation sites is 2. The monoisotopic (exact) mass is 270 g/mol. The number of rotatable bonds is 3. The van der Waals surface area contributed by atoms with Gasteiger partial charge in [-0.1, -0.05) is 24.3 Å². The van der Waals surface area contributed by atoms with Crippen LogP contribution in [0, 0.1) is 0 Å². The van der Waals surface area contributed by atoms with E-state index in [9.17, 15) is 14.7 Å². The van der Waals surface area contributed by atoms with Gasteiger partial charge in [-0.25, -0.2) is 0 Å². The van der Waals surface area contributed by atoms with E-state index in [1.165, 1.54) is 19.2 Å². The van der Waals surface area contributed by atoms with Crippen LogP contribution < -0.4 is 10.6 Å². The van der Waals surface area contributed by atoms with Crippen molar-refractivity contribution in [2.45, 2.75) is 0 Å². The van der Waals surface area contributed by atoms with E-state index in [0.717, 1.165) is 0 Å². The van der Waals surface area contributed by atoms with Gasteiger partial charge in [0.15, 0.2) is 0 Å². The molecule has 0 atom stereocenters. The molecule has 2 aromatic rings. The summed E-state index contributed by atoms with van der Waals surface area (Å²) in [5.41, 5.74) is 0.901. The number of aromatic hydroxyl groups is 1. The molecule has 2 amide bonds. The molecule has 0 fully saturated rings. The maximum absolute atomic E-state index is 12.1. The minimum Gasteiger partial charge on any atom is -0.507 e. The van der Waals surface area contributed by atoms with Crippen molar-refractivity contribution in [1.29, 1.82) is 0 Å². The molecule has 0 aliphatic heterocycles. The van der Waals surface area contributed by atoms with Crippen LogP contribution in [0.25, 0.3) is 0 Å². The van der Waals surface area contributed by atoms with Gasteiger partial charge in [-0.15, -0.1) is 0 Å². The Morgan fingerprint density at radius 2 is 1.50 bits per heavy atom. The zero-order valence-corrected chi connectivity index (χ0v) is 10.9. The molecule has 0 aromatic heterocycles. The molecule has 2 rings (SSSR count). The molecule has 0 heterocycles. The molecule has 0 saturated heterocycles. The normalized spacial score (nSPS) is 9.85. The van der Waals surface area contributed by atoms with Gasteiger partial charge >= 0.3 is 0 Å². The quantitative estimate of drug-likeness (QED) is 0.798. The molecule has 5 nitrogen and oxygen atoms in total. The first-order valence-electron chi connectivity index (χ1n) is 6.04. The van der Waals surface area contributed by atoms with Gasteiger partial charge in [-0.05, 0) is 24.3 Å². The highest BCUT2D eigenvalue weighted by Crippen LogP contribution is 2.20. The molecule has 0 aliphatic carbocycles. The van der Waals surface area contributed by atoms with Crippen LogP contribution in [0.1, 0.15) is 20.7 Å². The van der Waals surface area contributed by atoms with Gasteiger partial charge in [0, 0.05) is 7.05 Å². The number of phenolic OH excluding ortho intramolecular Hbond substituents is 1. The number of hydrogen-bond donors (Lipinski definition) is 3. The van der Waals surface area contributed by atoms with Crippen LogP contribution in [-0.4, -0.2) is 24.0 Å². The van der Waals surface area contributed by atoms with Crippen LogP contribution >= 0.6 is 0 Å². The van der Waals surface area contributed by atoms with E-state index in [0.29, 0.717) is 11.3 Å². The maximum atomic E-state index is 12.1. The number of nitrogens with one attached hydrogen (secondary N) is 2. The first-order chi connectivity index (χ1) is 9.63. The lowest BCUT2D eigenvalue weighted by Crippen LogP contribution is -2.21. The highest BCUT2D eigenvalue weighted by atomic mass is 16.3. The van der Waals surface area contributed by atoms with Crippen molar-refractivity contribution in [2.75, 3.05) is 12.4 Å². The van der Waals surface area contributed by atoms with E-state index in [4.69, 9.17) is 0 Å². The largest absolute Gasteiger partial charge is 0.507 e. The van der Waals surface area contributed by atoms with Crippen molar-refractivity contribution in [3.63, 3.8) is 0 Å². The maximum Gasteiger partial charge on any atom is 0.259 e. The summed E-state index contributed by atoms with van der Waals surface area (Å²) in [4.78, 5) is 23.8. The molecule has 0 bridgehead atoms. The highest BCUT2D eigenvalue weighted by Gasteiger charge is 2.14. The lowest BCUT2D eigenvalue weighted by molar-refractivity contribution is 0.0964. The van der Waals surface area contributed by atoms with Gasteiger partial charge in [0.25, 0.3) is 11.8 Å². The fraction of sp³-hybridized carbons (Fsp3) is 0.0667. The SMILES string of the molecule is CNC(=O)c1ccccc1NC(=O)c1ccccc1O. The fourth-order valence-electron chi connectivity index (χ4n) is 1.78. The Hall–Kier alpha value is -2.82. The number of carbonyl (C=O) groups is 2. The van der Waals surface area contributed by atoms with E-state index in [1.807, 2.05) is 0 Å². The van der Waals surface area contributed by atoms with Crippen molar-refractivity contribution in [3.8, 4) is 5.75 Å². The Kier molecular flexibility index (Phi) is 4.00. The Labute approximate surface area is 116 Å². The van der Waals surface area contributed by atoms with E-state index in [1.54, 1.807) is 36.4 Å². The smallest absolute Gasteiger partial charge is 0.259 e. The predicted octanol–water partition coefficient (Wildman–Crippen LogP) is 2.00.